The molecule has 0 radical (unpaired) electrons. The number of hydrogen-bond donors (Lipinski definition) is 1. The minimum atomic E-state index is -3.39. The number of rotatable bonds is 4. The summed E-state index contributed by atoms with van der Waals surface area (Å²) in [4.78, 5) is 15.3. The van der Waals surface area contributed by atoms with Gasteiger partial charge in [-0.1, -0.05) is 60.7 Å². The van der Waals surface area contributed by atoms with Gasteiger partial charge in [0.2, 0.25) is 0 Å². The Hall–Kier alpha value is -3.12. The molecule has 32 heavy (non-hydrogen) atoms. The van der Waals surface area contributed by atoms with Crippen molar-refractivity contribution in [1.29, 1.82) is 0 Å². The fourth-order valence-electron chi connectivity index (χ4n) is 5.08. The molecule has 0 spiro atoms. The number of fused-ring (bicyclic) bond motifs is 2. The number of benzene rings is 3. The van der Waals surface area contributed by atoms with Gasteiger partial charge in [0.1, 0.15) is 0 Å². The van der Waals surface area contributed by atoms with Crippen LogP contribution in [0.5, 0.6) is 0 Å². The van der Waals surface area contributed by atoms with E-state index < -0.39 is 15.1 Å². The second-order valence-electron chi connectivity index (χ2n) is 8.62. The third-order valence-corrected chi connectivity index (χ3v) is 8.87. The van der Waals surface area contributed by atoms with Gasteiger partial charge in [0.05, 0.1) is 10.1 Å². The highest BCUT2D eigenvalue weighted by Gasteiger charge is 2.47. The van der Waals surface area contributed by atoms with E-state index in [0.29, 0.717) is 17.7 Å². The molecule has 2 saturated heterocycles. The van der Waals surface area contributed by atoms with Crippen LogP contribution in [0.1, 0.15) is 25.7 Å². The van der Waals surface area contributed by atoms with Crippen molar-refractivity contribution >= 4 is 21.6 Å². The number of nitrogens with one attached hydrogen (secondary N) is 1. The maximum atomic E-state index is 13.1. The van der Waals surface area contributed by atoms with Crippen molar-refractivity contribution in [3.63, 3.8) is 0 Å². The molecule has 2 heterocycles. The zero-order valence-electron chi connectivity index (χ0n) is 17.7. The van der Waals surface area contributed by atoms with Crippen LogP contribution in [-0.2, 0) is 9.84 Å². The van der Waals surface area contributed by atoms with Crippen LogP contribution in [0.3, 0.4) is 0 Å². The van der Waals surface area contributed by atoms with Crippen LogP contribution >= 0.6 is 0 Å². The van der Waals surface area contributed by atoms with E-state index >= 15 is 0 Å². The van der Waals surface area contributed by atoms with E-state index in [1.807, 2.05) is 53.4 Å². The summed E-state index contributed by atoms with van der Waals surface area (Å²) in [6.45, 7) is 0. The number of nitrogens with zero attached hydrogens (tertiary/aromatic N) is 1. The second-order valence-corrected chi connectivity index (χ2v) is 10.8. The quantitative estimate of drug-likeness (QED) is 0.587. The van der Waals surface area contributed by atoms with Crippen LogP contribution in [0.4, 0.5) is 10.5 Å². The van der Waals surface area contributed by atoms with Gasteiger partial charge in [-0.2, -0.15) is 0 Å². The van der Waals surface area contributed by atoms with Gasteiger partial charge in [0.15, 0.2) is 9.84 Å². The molecule has 2 bridgehead atoms. The molecule has 3 aromatic carbocycles. The van der Waals surface area contributed by atoms with E-state index in [2.05, 4.69) is 17.4 Å². The van der Waals surface area contributed by atoms with Gasteiger partial charge in [-0.15, -0.1) is 0 Å². The maximum Gasteiger partial charge on any atom is 0.322 e. The third-order valence-electron chi connectivity index (χ3n) is 6.68. The number of piperidine rings is 1. The molecule has 0 unspecified atom stereocenters. The fourth-order valence-corrected chi connectivity index (χ4v) is 6.95. The van der Waals surface area contributed by atoms with E-state index in [0.717, 1.165) is 29.7 Å². The summed E-state index contributed by atoms with van der Waals surface area (Å²) < 4.78 is 26.2. The topological polar surface area (TPSA) is 66.5 Å². The monoisotopic (exact) mass is 446 g/mol. The normalized spacial score (nSPS) is 22.5. The molecule has 5 rings (SSSR count). The zero-order valence-corrected chi connectivity index (χ0v) is 18.5. The van der Waals surface area contributed by atoms with Crippen molar-refractivity contribution in [3.05, 3.63) is 84.9 Å². The van der Waals surface area contributed by atoms with Crippen molar-refractivity contribution in [3.8, 4) is 11.1 Å². The SMILES string of the molecule is O=C(Nc1ccc(-c2ccccc2)cc1)N1[C@@H]2CC[C@@H]1CC(S(=O)(=O)c1ccccc1)C2. The van der Waals surface area contributed by atoms with Crippen LogP contribution in [0.25, 0.3) is 11.1 Å². The number of urea groups is 1. The summed E-state index contributed by atoms with van der Waals surface area (Å²) >= 11 is 0. The second kappa shape index (κ2) is 8.43. The Morgan fingerprint density at radius 2 is 1.28 bits per heavy atom. The molecule has 2 fully saturated rings. The highest BCUT2D eigenvalue weighted by molar-refractivity contribution is 7.92. The van der Waals surface area contributed by atoms with Gasteiger partial charge in [0, 0.05) is 17.8 Å². The van der Waals surface area contributed by atoms with Crippen molar-refractivity contribution in [2.24, 2.45) is 0 Å². The van der Waals surface area contributed by atoms with Gasteiger partial charge >= 0.3 is 6.03 Å². The molecule has 164 valence electrons. The Kier molecular flexibility index (Phi) is 5.47. The number of sulfone groups is 1. The summed E-state index contributed by atoms with van der Waals surface area (Å²) in [5.74, 6) is 0. The molecule has 2 aliphatic rings. The third kappa shape index (κ3) is 3.91. The number of carbonyl (C=O) groups excluding carboxylic acids is 1. The smallest absolute Gasteiger partial charge is 0.318 e. The van der Waals surface area contributed by atoms with Crippen molar-refractivity contribution < 1.29 is 13.2 Å². The Labute approximate surface area is 189 Å². The first-order valence-electron chi connectivity index (χ1n) is 11.1. The molecular formula is C26H26N2O3S. The van der Waals surface area contributed by atoms with E-state index in [1.54, 1.807) is 24.3 Å². The summed E-state index contributed by atoms with van der Waals surface area (Å²) in [5.41, 5.74) is 2.97. The molecule has 0 saturated carbocycles. The lowest BCUT2D eigenvalue weighted by Gasteiger charge is -2.38. The molecule has 3 aromatic rings. The average molecular weight is 447 g/mol. The fraction of sp³-hybridized carbons (Fsp3) is 0.269. The molecule has 0 aliphatic carbocycles. The van der Waals surface area contributed by atoms with Gasteiger partial charge < -0.3 is 10.2 Å². The van der Waals surface area contributed by atoms with Crippen LogP contribution in [0, 0.1) is 0 Å². The molecule has 2 amide bonds. The first kappa shape index (κ1) is 20.8. The lowest BCUT2D eigenvalue weighted by molar-refractivity contribution is 0.160. The summed E-state index contributed by atoms with van der Waals surface area (Å²) in [6.07, 6.45) is 2.69. The van der Waals surface area contributed by atoms with Crippen molar-refractivity contribution in [2.45, 2.75) is 47.9 Å². The summed E-state index contributed by atoms with van der Waals surface area (Å²) in [6, 6.07) is 26.4. The zero-order chi connectivity index (χ0) is 22.1. The van der Waals surface area contributed by atoms with Crippen LogP contribution < -0.4 is 5.32 Å². The van der Waals surface area contributed by atoms with E-state index in [9.17, 15) is 13.2 Å². The molecular weight excluding hydrogens is 420 g/mol. The molecule has 2 atom stereocenters. The van der Waals surface area contributed by atoms with Crippen molar-refractivity contribution in [2.75, 3.05) is 5.32 Å². The van der Waals surface area contributed by atoms with E-state index in [1.165, 1.54) is 0 Å². The lowest BCUT2D eigenvalue weighted by Crippen LogP contribution is -2.51. The molecule has 0 aromatic heterocycles. The van der Waals surface area contributed by atoms with E-state index in [4.69, 9.17) is 0 Å². The first-order chi connectivity index (χ1) is 15.5. The number of carbonyl (C=O) groups is 1. The number of hydrogen-bond acceptors (Lipinski definition) is 3. The van der Waals surface area contributed by atoms with E-state index in [-0.39, 0.29) is 18.1 Å². The van der Waals surface area contributed by atoms with Crippen LogP contribution in [0.2, 0.25) is 0 Å². The standard InChI is InChI=1S/C26H26N2O3S/c29-26(27-21-13-11-20(12-14-21)19-7-3-1-4-8-19)28-22-15-16-23(28)18-25(17-22)32(30,31)24-9-5-2-6-10-24/h1-14,22-23,25H,15-18H2,(H,27,29)/t22-,23-/m1/s1. The Bertz CT molecular complexity index is 1180. The highest BCUT2D eigenvalue weighted by Crippen LogP contribution is 2.40. The predicted octanol–water partition coefficient (Wildman–Crippen LogP) is 5.35. The Morgan fingerprint density at radius 1 is 0.750 bits per heavy atom. The van der Waals surface area contributed by atoms with Crippen LogP contribution in [0.15, 0.2) is 89.8 Å². The Balaban J connectivity index is 1.27. The predicted molar refractivity (Wildman–Crippen MR) is 126 cm³/mol. The first-order valence-corrected chi connectivity index (χ1v) is 12.6. The number of anilines is 1. The minimum Gasteiger partial charge on any atom is -0.318 e. The van der Waals surface area contributed by atoms with Gasteiger partial charge in [-0.05, 0) is 61.1 Å². The molecule has 2 aliphatic heterocycles. The highest BCUT2D eigenvalue weighted by atomic mass is 32.2. The molecule has 5 nitrogen and oxygen atoms in total. The van der Waals surface area contributed by atoms with Gasteiger partial charge in [-0.25, -0.2) is 13.2 Å². The van der Waals surface area contributed by atoms with Gasteiger partial charge in [0.25, 0.3) is 0 Å². The molecule has 6 heteroatoms. The maximum absolute atomic E-state index is 13.1. The minimum absolute atomic E-state index is 0.0409. The lowest BCUT2D eigenvalue weighted by atomic mass is 10.0. The number of amides is 2. The van der Waals surface area contributed by atoms with Crippen LogP contribution in [-0.4, -0.2) is 36.7 Å². The molecule has 1 N–H and O–H groups in total. The summed E-state index contributed by atoms with van der Waals surface area (Å²) in [5, 5.41) is 2.58. The van der Waals surface area contributed by atoms with Gasteiger partial charge in [-0.3, -0.25) is 0 Å². The van der Waals surface area contributed by atoms with Crippen molar-refractivity contribution in [1.82, 2.24) is 4.90 Å². The summed E-state index contributed by atoms with van der Waals surface area (Å²) in [7, 11) is -3.39. The average Bonchev–Trinajstić information content (AvgIpc) is 3.10. The largest absolute Gasteiger partial charge is 0.322 e. The Morgan fingerprint density at radius 3 is 1.88 bits per heavy atom.